The third kappa shape index (κ3) is 2.27. The summed E-state index contributed by atoms with van der Waals surface area (Å²) in [6, 6.07) is 8.69. The van der Waals surface area contributed by atoms with Crippen LogP contribution in [0.25, 0.3) is 0 Å². The van der Waals surface area contributed by atoms with Crippen molar-refractivity contribution in [2.75, 3.05) is 0 Å². The highest BCUT2D eigenvalue weighted by molar-refractivity contribution is 9.09. The van der Waals surface area contributed by atoms with Gasteiger partial charge in [0, 0.05) is 0 Å². The quantitative estimate of drug-likeness (QED) is 0.757. The van der Waals surface area contributed by atoms with Gasteiger partial charge in [0.2, 0.25) is 0 Å². The van der Waals surface area contributed by atoms with Crippen LogP contribution in [0.15, 0.2) is 30.3 Å². The molecule has 1 aromatic carbocycles. The fourth-order valence-electron chi connectivity index (χ4n) is 0.796. The first-order chi connectivity index (χ1) is 5.22. The lowest BCUT2D eigenvalue weighted by molar-refractivity contribution is 0.127. The first kappa shape index (κ1) is 8.68. The maximum atomic E-state index is 12.4. The predicted molar refractivity (Wildman–Crippen MR) is 45.2 cm³/mol. The Morgan fingerprint density at radius 1 is 1.27 bits per heavy atom. The minimum Gasteiger partial charge on any atom is -0.384 e. The van der Waals surface area contributed by atoms with Gasteiger partial charge in [0.1, 0.15) is 6.10 Å². The molecule has 0 bridgehead atoms. The molecule has 1 N–H and O–H groups in total. The Labute approximate surface area is 73.0 Å². The summed E-state index contributed by atoms with van der Waals surface area (Å²) in [5, 5.41) is 7.78. The highest BCUT2D eigenvalue weighted by Gasteiger charge is 2.15. The van der Waals surface area contributed by atoms with Crippen LogP contribution in [0, 0.1) is 0 Å². The second-order valence-corrected chi connectivity index (χ2v) is 3.06. The standard InChI is InChI=1S/C8H8BrFO/c9-8(10)7(11)6-4-2-1-3-5-6/h1-5,7-8,11H/t7-,8-/m0/s1. The van der Waals surface area contributed by atoms with Gasteiger partial charge in [-0.3, -0.25) is 0 Å². The van der Waals surface area contributed by atoms with Crippen molar-refractivity contribution in [2.24, 2.45) is 0 Å². The van der Waals surface area contributed by atoms with Crippen molar-refractivity contribution in [3.63, 3.8) is 0 Å². The largest absolute Gasteiger partial charge is 0.384 e. The summed E-state index contributed by atoms with van der Waals surface area (Å²) in [6.45, 7) is 0. The molecule has 0 aliphatic rings. The van der Waals surface area contributed by atoms with E-state index in [1.165, 1.54) is 0 Å². The van der Waals surface area contributed by atoms with E-state index in [9.17, 15) is 9.50 Å². The fourth-order valence-corrected chi connectivity index (χ4v) is 1.10. The van der Waals surface area contributed by atoms with Crippen molar-refractivity contribution in [3.05, 3.63) is 35.9 Å². The minimum absolute atomic E-state index is 0.580. The Balaban J connectivity index is 2.77. The molecule has 2 atom stereocenters. The van der Waals surface area contributed by atoms with Crippen LogP contribution < -0.4 is 0 Å². The van der Waals surface area contributed by atoms with E-state index in [1.54, 1.807) is 24.3 Å². The van der Waals surface area contributed by atoms with E-state index in [4.69, 9.17) is 0 Å². The Hall–Kier alpha value is -0.410. The van der Waals surface area contributed by atoms with E-state index < -0.39 is 11.2 Å². The van der Waals surface area contributed by atoms with Gasteiger partial charge in [-0.2, -0.15) is 0 Å². The van der Waals surface area contributed by atoms with E-state index in [0.29, 0.717) is 5.56 Å². The van der Waals surface area contributed by atoms with Gasteiger partial charge in [-0.15, -0.1) is 0 Å². The SMILES string of the molecule is O[C@@H](c1ccccc1)[C@H](F)Br. The van der Waals surface area contributed by atoms with Crippen LogP contribution in [0.2, 0.25) is 0 Å². The van der Waals surface area contributed by atoms with Crippen molar-refractivity contribution < 1.29 is 9.50 Å². The molecule has 0 saturated carbocycles. The number of benzene rings is 1. The Kier molecular flexibility index (Phi) is 3.02. The molecule has 1 aromatic rings. The number of rotatable bonds is 2. The average molecular weight is 219 g/mol. The van der Waals surface area contributed by atoms with E-state index in [1.807, 2.05) is 6.07 Å². The van der Waals surface area contributed by atoms with Gasteiger partial charge in [0.15, 0.2) is 5.08 Å². The first-order valence-electron chi connectivity index (χ1n) is 3.23. The summed E-state index contributed by atoms with van der Waals surface area (Å²) >= 11 is 2.66. The lowest BCUT2D eigenvalue weighted by Gasteiger charge is -2.09. The zero-order valence-electron chi connectivity index (χ0n) is 5.74. The van der Waals surface area contributed by atoms with E-state index in [-0.39, 0.29) is 0 Å². The van der Waals surface area contributed by atoms with Crippen molar-refractivity contribution in [1.82, 2.24) is 0 Å². The van der Waals surface area contributed by atoms with Crippen LogP contribution in [0.4, 0.5) is 4.39 Å². The molecular weight excluding hydrogens is 211 g/mol. The lowest BCUT2D eigenvalue weighted by atomic mass is 10.1. The van der Waals surface area contributed by atoms with Crippen LogP contribution >= 0.6 is 15.9 Å². The molecular formula is C8H8BrFO. The summed E-state index contributed by atoms with van der Waals surface area (Å²) in [4.78, 5) is 0. The molecule has 0 fully saturated rings. The number of halogens is 2. The molecule has 3 heteroatoms. The predicted octanol–water partition coefficient (Wildman–Crippen LogP) is 2.41. The average Bonchev–Trinajstić information content (AvgIpc) is 2.05. The first-order valence-corrected chi connectivity index (χ1v) is 4.14. The van der Waals surface area contributed by atoms with E-state index >= 15 is 0 Å². The molecule has 60 valence electrons. The molecule has 1 rings (SSSR count). The monoisotopic (exact) mass is 218 g/mol. The maximum absolute atomic E-state index is 12.4. The molecule has 0 aromatic heterocycles. The molecule has 0 saturated heterocycles. The summed E-state index contributed by atoms with van der Waals surface area (Å²) in [5.41, 5.74) is 0.580. The Morgan fingerprint density at radius 2 is 1.82 bits per heavy atom. The van der Waals surface area contributed by atoms with Gasteiger partial charge < -0.3 is 5.11 Å². The highest BCUT2D eigenvalue weighted by Crippen LogP contribution is 2.22. The van der Waals surface area contributed by atoms with Crippen molar-refractivity contribution >= 4 is 15.9 Å². The molecule has 11 heavy (non-hydrogen) atoms. The Bertz CT molecular complexity index is 213. The molecule has 0 heterocycles. The van der Waals surface area contributed by atoms with Crippen LogP contribution in [-0.4, -0.2) is 10.2 Å². The molecule has 0 unspecified atom stereocenters. The third-order valence-corrected chi connectivity index (χ3v) is 1.88. The maximum Gasteiger partial charge on any atom is 0.184 e. The van der Waals surface area contributed by atoms with Crippen molar-refractivity contribution in [3.8, 4) is 0 Å². The number of hydrogen-bond acceptors (Lipinski definition) is 1. The topological polar surface area (TPSA) is 20.2 Å². The van der Waals surface area contributed by atoms with Crippen LogP contribution in [-0.2, 0) is 0 Å². The summed E-state index contributed by atoms with van der Waals surface area (Å²) in [5.74, 6) is 0. The second-order valence-electron chi connectivity index (χ2n) is 2.19. The van der Waals surface area contributed by atoms with Crippen LogP contribution in [0.1, 0.15) is 11.7 Å². The molecule has 0 aliphatic heterocycles. The number of aliphatic hydroxyl groups is 1. The van der Waals surface area contributed by atoms with Gasteiger partial charge in [0.25, 0.3) is 0 Å². The van der Waals surface area contributed by atoms with Gasteiger partial charge in [-0.05, 0) is 21.5 Å². The molecule has 0 amide bonds. The summed E-state index contributed by atoms with van der Waals surface area (Å²) < 4.78 is 12.4. The summed E-state index contributed by atoms with van der Waals surface area (Å²) in [7, 11) is 0. The van der Waals surface area contributed by atoms with E-state index in [0.717, 1.165) is 0 Å². The number of hydrogen-bond donors (Lipinski definition) is 1. The smallest absolute Gasteiger partial charge is 0.184 e. The van der Waals surface area contributed by atoms with Gasteiger partial charge in [-0.25, -0.2) is 4.39 Å². The van der Waals surface area contributed by atoms with Crippen LogP contribution in [0.3, 0.4) is 0 Å². The molecule has 0 aliphatic carbocycles. The highest BCUT2D eigenvalue weighted by atomic mass is 79.9. The third-order valence-electron chi connectivity index (χ3n) is 1.38. The van der Waals surface area contributed by atoms with Gasteiger partial charge >= 0.3 is 0 Å². The Morgan fingerprint density at radius 3 is 2.27 bits per heavy atom. The fraction of sp³-hybridized carbons (Fsp3) is 0.250. The normalized spacial score (nSPS) is 15.9. The van der Waals surface area contributed by atoms with Crippen molar-refractivity contribution in [2.45, 2.75) is 11.2 Å². The van der Waals surface area contributed by atoms with E-state index in [2.05, 4.69) is 15.9 Å². The molecule has 0 radical (unpaired) electrons. The summed E-state index contributed by atoms with van der Waals surface area (Å²) in [6.07, 6.45) is -1.07. The molecule has 0 spiro atoms. The lowest BCUT2D eigenvalue weighted by Crippen LogP contribution is -2.05. The van der Waals surface area contributed by atoms with Crippen molar-refractivity contribution in [1.29, 1.82) is 0 Å². The second kappa shape index (κ2) is 3.83. The molecule has 1 nitrogen and oxygen atoms in total. The van der Waals surface area contributed by atoms with Crippen LogP contribution in [0.5, 0.6) is 0 Å². The number of alkyl halides is 2. The minimum atomic E-state index is -1.40. The zero-order valence-corrected chi connectivity index (χ0v) is 7.33. The zero-order chi connectivity index (χ0) is 8.27. The van der Waals surface area contributed by atoms with Gasteiger partial charge in [0.05, 0.1) is 0 Å². The number of aliphatic hydroxyl groups excluding tert-OH is 1. The van der Waals surface area contributed by atoms with Gasteiger partial charge in [-0.1, -0.05) is 30.3 Å².